The van der Waals surface area contributed by atoms with E-state index in [4.69, 9.17) is 5.11 Å². The Kier molecular flexibility index (Phi) is 7.75. The molecule has 1 fully saturated rings. The van der Waals surface area contributed by atoms with Crippen molar-refractivity contribution in [2.75, 3.05) is 12.3 Å². The van der Waals surface area contributed by atoms with E-state index in [1.165, 1.54) is 0 Å². The van der Waals surface area contributed by atoms with Crippen LogP contribution in [0.4, 0.5) is 0 Å². The van der Waals surface area contributed by atoms with Crippen LogP contribution in [0.25, 0.3) is 0 Å². The predicted molar refractivity (Wildman–Crippen MR) is 83.8 cm³/mol. The van der Waals surface area contributed by atoms with Gasteiger partial charge in [-0.15, -0.1) is 0 Å². The number of ketones is 2. The third-order valence-corrected chi connectivity index (χ3v) is 4.88. The second kappa shape index (κ2) is 9.05. The molecule has 6 nitrogen and oxygen atoms in total. The molecule has 1 aliphatic rings. The Morgan fingerprint density at radius 2 is 1.82 bits per heavy atom. The SMILES string of the molecule is CCC(=O)C(=O)SCCCC(=O)C1(NCC(=O)O)CCCC1. The Morgan fingerprint density at radius 1 is 1.18 bits per heavy atom. The number of hydrogen-bond acceptors (Lipinski definition) is 6. The lowest BCUT2D eigenvalue weighted by Crippen LogP contribution is -2.51. The molecule has 0 aromatic heterocycles. The standard InChI is InChI=1S/C15H23NO5S/c1-2-11(17)14(21)22-9-5-6-12(18)15(7-3-4-8-15)16-10-13(19)20/h16H,2-10H2,1H3,(H,19,20). The fourth-order valence-electron chi connectivity index (χ4n) is 2.64. The van der Waals surface area contributed by atoms with Crippen LogP contribution in [0.3, 0.4) is 0 Å². The van der Waals surface area contributed by atoms with E-state index in [9.17, 15) is 19.2 Å². The molecule has 0 radical (unpaired) electrons. The van der Waals surface area contributed by atoms with Crippen LogP contribution in [0, 0.1) is 0 Å². The topological polar surface area (TPSA) is 101 Å². The molecule has 7 heteroatoms. The summed E-state index contributed by atoms with van der Waals surface area (Å²) >= 11 is 0.956. The molecule has 2 N–H and O–H groups in total. The summed E-state index contributed by atoms with van der Waals surface area (Å²) in [6.45, 7) is 1.42. The lowest BCUT2D eigenvalue weighted by molar-refractivity contribution is -0.136. The van der Waals surface area contributed by atoms with Gasteiger partial charge in [0.1, 0.15) is 0 Å². The number of hydrogen-bond donors (Lipinski definition) is 2. The summed E-state index contributed by atoms with van der Waals surface area (Å²) in [5, 5.41) is 11.2. The fraction of sp³-hybridized carbons (Fsp3) is 0.733. The fourth-order valence-corrected chi connectivity index (χ4v) is 3.42. The van der Waals surface area contributed by atoms with Gasteiger partial charge < -0.3 is 5.11 Å². The number of carbonyl (C=O) groups is 4. The third kappa shape index (κ3) is 5.53. The molecule has 1 rings (SSSR count). The van der Waals surface area contributed by atoms with Crippen molar-refractivity contribution in [1.82, 2.24) is 5.32 Å². The highest BCUT2D eigenvalue weighted by Gasteiger charge is 2.40. The van der Waals surface area contributed by atoms with Gasteiger partial charge >= 0.3 is 5.97 Å². The summed E-state index contributed by atoms with van der Waals surface area (Å²) in [5.74, 6) is -0.920. The Bertz CT molecular complexity index is 443. The number of thioether (sulfide) groups is 1. The molecule has 0 saturated heterocycles. The summed E-state index contributed by atoms with van der Waals surface area (Å²) in [4.78, 5) is 45.6. The molecule has 0 bridgehead atoms. The molecular formula is C15H23NO5S. The molecule has 1 saturated carbocycles. The number of carboxylic acids is 1. The third-order valence-electron chi connectivity index (χ3n) is 3.90. The lowest BCUT2D eigenvalue weighted by atomic mass is 9.89. The van der Waals surface area contributed by atoms with E-state index in [2.05, 4.69) is 5.32 Å². The molecular weight excluding hydrogens is 306 g/mol. The number of Topliss-reactive ketones (excluding diaryl/α,β-unsaturated/α-hetero) is 2. The Morgan fingerprint density at radius 3 is 2.36 bits per heavy atom. The van der Waals surface area contributed by atoms with Crippen molar-refractivity contribution in [2.45, 2.75) is 57.4 Å². The number of carbonyl (C=O) groups excluding carboxylic acids is 3. The zero-order valence-electron chi connectivity index (χ0n) is 12.9. The number of aliphatic carboxylic acids is 1. The van der Waals surface area contributed by atoms with Crippen LogP contribution in [0.5, 0.6) is 0 Å². The van der Waals surface area contributed by atoms with Crippen LogP contribution in [0.15, 0.2) is 0 Å². The average Bonchev–Trinajstić information content (AvgIpc) is 2.98. The van der Waals surface area contributed by atoms with E-state index >= 15 is 0 Å². The summed E-state index contributed by atoms with van der Waals surface area (Å²) < 4.78 is 0. The molecule has 0 aromatic rings. The van der Waals surface area contributed by atoms with E-state index < -0.39 is 22.4 Å². The summed E-state index contributed by atoms with van der Waals surface area (Å²) in [7, 11) is 0. The molecule has 0 aliphatic heterocycles. The highest BCUT2D eigenvalue weighted by atomic mass is 32.2. The van der Waals surface area contributed by atoms with Crippen molar-refractivity contribution in [2.24, 2.45) is 0 Å². The largest absolute Gasteiger partial charge is 0.480 e. The van der Waals surface area contributed by atoms with E-state index in [0.29, 0.717) is 31.4 Å². The molecule has 1 aliphatic carbocycles. The maximum absolute atomic E-state index is 12.4. The molecule has 0 atom stereocenters. The zero-order chi connectivity index (χ0) is 16.6. The van der Waals surface area contributed by atoms with Crippen LogP contribution in [0.2, 0.25) is 0 Å². The summed E-state index contributed by atoms with van der Waals surface area (Å²) in [5.41, 5.74) is -0.716. The van der Waals surface area contributed by atoms with E-state index in [1.807, 2.05) is 0 Å². The number of rotatable bonds is 10. The number of nitrogens with one attached hydrogen (secondary N) is 1. The van der Waals surface area contributed by atoms with Gasteiger partial charge in [0.2, 0.25) is 5.78 Å². The van der Waals surface area contributed by atoms with Crippen molar-refractivity contribution in [3.05, 3.63) is 0 Å². The Labute approximate surface area is 134 Å². The highest BCUT2D eigenvalue weighted by molar-refractivity contribution is 8.15. The highest BCUT2D eigenvalue weighted by Crippen LogP contribution is 2.31. The van der Waals surface area contributed by atoms with Gasteiger partial charge in [0.05, 0.1) is 12.1 Å². The maximum Gasteiger partial charge on any atom is 0.317 e. The molecule has 22 heavy (non-hydrogen) atoms. The van der Waals surface area contributed by atoms with Gasteiger partial charge in [0.15, 0.2) is 5.78 Å². The molecule has 0 spiro atoms. The van der Waals surface area contributed by atoms with Crippen molar-refractivity contribution < 1.29 is 24.3 Å². The smallest absolute Gasteiger partial charge is 0.317 e. The zero-order valence-corrected chi connectivity index (χ0v) is 13.7. The van der Waals surface area contributed by atoms with Gasteiger partial charge in [-0.3, -0.25) is 24.5 Å². The monoisotopic (exact) mass is 329 g/mol. The van der Waals surface area contributed by atoms with Crippen LogP contribution >= 0.6 is 11.8 Å². The van der Waals surface area contributed by atoms with Crippen molar-refractivity contribution >= 4 is 34.4 Å². The van der Waals surface area contributed by atoms with Crippen LogP contribution < -0.4 is 5.32 Å². The Hall–Kier alpha value is -1.21. The molecule has 0 aromatic carbocycles. The van der Waals surface area contributed by atoms with Crippen LogP contribution in [-0.4, -0.2) is 45.6 Å². The minimum atomic E-state index is -0.974. The molecule has 0 unspecified atom stereocenters. The van der Waals surface area contributed by atoms with Crippen molar-refractivity contribution in [3.63, 3.8) is 0 Å². The van der Waals surface area contributed by atoms with Gasteiger partial charge in [0, 0.05) is 18.6 Å². The number of carboxylic acid groups (broad SMARTS) is 1. The van der Waals surface area contributed by atoms with Gasteiger partial charge in [-0.25, -0.2) is 0 Å². The van der Waals surface area contributed by atoms with Crippen molar-refractivity contribution in [3.8, 4) is 0 Å². The molecule has 0 heterocycles. The lowest BCUT2D eigenvalue weighted by Gasteiger charge is -2.28. The van der Waals surface area contributed by atoms with Crippen LogP contribution in [-0.2, 0) is 19.2 Å². The van der Waals surface area contributed by atoms with E-state index in [0.717, 1.165) is 24.6 Å². The van der Waals surface area contributed by atoms with Gasteiger partial charge in [-0.2, -0.15) is 0 Å². The predicted octanol–water partition coefficient (Wildman–Crippen LogP) is 1.56. The quantitative estimate of drug-likeness (QED) is 0.463. The normalized spacial score (nSPS) is 16.4. The first-order chi connectivity index (χ1) is 10.4. The Balaban J connectivity index is 2.40. The van der Waals surface area contributed by atoms with Crippen molar-refractivity contribution in [1.29, 1.82) is 0 Å². The molecule has 124 valence electrons. The second-order valence-electron chi connectivity index (χ2n) is 5.48. The minimum Gasteiger partial charge on any atom is -0.480 e. The van der Waals surface area contributed by atoms with Gasteiger partial charge in [-0.1, -0.05) is 31.5 Å². The minimum absolute atomic E-state index is 0.0149. The first-order valence-corrected chi connectivity index (χ1v) is 8.60. The van der Waals surface area contributed by atoms with Gasteiger partial charge in [0.25, 0.3) is 5.12 Å². The first kappa shape index (κ1) is 18.8. The maximum atomic E-state index is 12.4. The first-order valence-electron chi connectivity index (χ1n) is 7.61. The summed E-state index contributed by atoms with van der Waals surface area (Å²) in [6.07, 6.45) is 4.18. The second-order valence-corrected chi connectivity index (χ2v) is 6.54. The van der Waals surface area contributed by atoms with E-state index in [1.54, 1.807) is 6.92 Å². The van der Waals surface area contributed by atoms with Gasteiger partial charge in [-0.05, 0) is 19.3 Å². The molecule has 0 amide bonds. The summed E-state index contributed by atoms with van der Waals surface area (Å²) in [6, 6.07) is 0. The van der Waals surface area contributed by atoms with Crippen LogP contribution in [0.1, 0.15) is 51.9 Å². The average molecular weight is 329 g/mol. The van der Waals surface area contributed by atoms with E-state index in [-0.39, 0.29) is 18.7 Å².